The first kappa shape index (κ1) is 20.5. The van der Waals surface area contributed by atoms with Gasteiger partial charge in [-0.3, -0.25) is 19.7 Å². The molecule has 1 rings (SSSR count). The molecule has 0 heterocycles. The van der Waals surface area contributed by atoms with Crippen molar-refractivity contribution < 1.29 is 24.0 Å². The fourth-order valence-electron chi connectivity index (χ4n) is 2.03. The third-order valence-electron chi connectivity index (χ3n) is 3.06. The number of esters is 2. The molecule has 8 heteroatoms. The number of ether oxygens (including phenoxy) is 2. The van der Waals surface area contributed by atoms with Crippen molar-refractivity contribution in [1.29, 1.82) is 0 Å². The first-order valence-electron chi connectivity index (χ1n) is 7.61. The van der Waals surface area contributed by atoms with Crippen LogP contribution in [0.2, 0.25) is 5.02 Å². The first-order valence-corrected chi connectivity index (χ1v) is 7.99. The van der Waals surface area contributed by atoms with Crippen molar-refractivity contribution in [2.75, 3.05) is 19.8 Å². The molecular weight excluding hydrogens is 350 g/mol. The molecular formula is C17H18ClNO6. The van der Waals surface area contributed by atoms with Gasteiger partial charge in [0.05, 0.1) is 13.2 Å². The zero-order valence-electron chi connectivity index (χ0n) is 13.9. The van der Waals surface area contributed by atoms with E-state index in [1.807, 2.05) is 0 Å². The molecule has 0 saturated heterocycles. The lowest BCUT2D eigenvalue weighted by Crippen LogP contribution is -2.37. The zero-order chi connectivity index (χ0) is 18.8. The lowest BCUT2D eigenvalue weighted by molar-refractivity contribution is -0.486. The van der Waals surface area contributed by atoms with Crippen molar-refractivity contribution in [2.24, 2.45) is 11.8 Å². The average molecular weight is 368 g/mol. The molecule has 0 N–H and O–H groups in total. The van der Waals surface area contributed by atoms with E-state index in [9.17, 15) is 19.7 Å². The Morgan fingerprint density at radius 2 is 1.84 bits per heavy atom. The minimum absolute atomic E-state index is 0.0294. The standard InChI is InChI=1S/C17H18ClNO6/c1-3-24-16(20)15(17(21)25-4-2)13(11-19(22)23)9-8-12-6-5-7-14(18)10-12/h5-7,10,13,15H,3-4,11H2,1-2H3. The van der Waals surface area contributed by atoms with Gasteiger partial charge >= 0.3 is 11.9 Å². The molecule has 7 nitrogen and oxygen atoms in total. The second-order valence-electron chi connectivity index (χ2n) is 4.88. The highest BCUT2D eigenvalue weighted by atomic mass is 35.5. The normalized spacial score (nSPS) is 11.2. The van der Waals surface area contributed by atoms with Crippen LogP contribution in [-0.4, -0.2) is 36.6 Å². The number of carbonyl (C=O) groups is 2. The van der Waals surface area contributed by atoms with E-state index in [1.54, 1.807) is 38.1 Å². The highest BCUT2D eigenvalue weighted by Gasteiger charge is 2.39. The number of rotatable bonds is 7. The van der Waals surface area contributed by atoms with E-state index in [4.69, 9.17) is 21.1 Å². The van der Waals surface area contributed by atoms with Crippen LogP contribution in [0.4, 0.5) is 0 Å². The van der Waals surface area contributed by atoms with Gasteiger partial charge in [0.25, 0.3) is 0 Å². The summed E-state index contributed by atoms with van der Waals surface area (Å²) in [7, 11) is 0. The summed E-state index contributed by atoms with van der Waals surface area (Å²) in [6, 6.07) is 6.55. The van der Waals surface area contributed by atoms with Crippen molar-refractivity contribution in [2.45, 2.75) is 13.8 Å². The molecule has 0 bridgehead atoms. The van der Waals surface area contributed by atoms with Crippen molar-refractivity contribution in [3.63, 3.8) is 0 Å². The van der Waals surface area contributed by atoms with Gasteiger partial charge in [0.2, 0.25) is 6.54 Å². The summed E-state index contributed by atoms with van der Waals surface area (Å²) in [6.45, 7) is 2.50. The third kappa shape index (κ3) is 6.81. The van der Waals surface area contributed by atoms with Crippen molar-refractivity contribution in [1.82, 2.24) is 0 Å². The Bertz CT molecular complexity index is 676. The molecule has 0 aliphatic heterocycles. The predicted octanol–water partition coefficient (Wildman–Crippen LogP) is 2.33. The highest BCUT2D eigenvalue weighted by molar-refractivity contribution is 6.30. The van der Waals surface area contributed by atoms with E-state index < -0.39 is 35.2 Å². The van der Waals surface area contributed by atoms with Gasteiger partial charge in [-0.2, -0.15) is 0 Å². The Hall–Kier alpha value is -2.59. The molecule has 0 radical (unpaired) electrons. The molecule has 1 atom stereocenters. The van der Waals surface area contributed by atoms with Gasteiger partial charge in [0.15, 0.2) is 5.92 Å². The van der Waals surface area contributed by atoms with Crippen LogP contribution in [0.3, 0.4) is 0 Å². The molecule has 134 valence electrons. The number of benzene rings is 1. The van der Waals surface area contributed by atoms with Gasteiger partial charge in [-0.15, -0.1) is 0 Å². The Labute approximate surface area is 150 Å². The van der Waals surface area contributed by atoms with Crippen LogP contribution in [0.1, 0.15) is 19.4 Å². The number of halogens is 1. The Balaban J connectivity index is 3.20. The average Bonchev–Trinajstić information content (AvgIpc) is 2.53. The largest absolute Gasteiger partial charge is 0.465 e. The van der Waals surface area contributed by atoms with Crippen LogP contribution in [0.25, 0.3) is 0 Å². The second kappa shape index (κ2) is 10.3. The summed E-state index contributed by atoms with van der Waals surface area (Å²) in [5.41, 5.74) is 0.507. The summed E-state index contributed by atoms with van der Waals surface area (Å²) in [4.78, 5) is 34.5. The van der Waals surface area contributed by atoms with Crippen LogP contribution >= 0.6 is 11.6 Å². The SMILES string of the molecule is CCOC(=O)C(C(=O)OCC)C(C#Cc1cccc(Cl)c1)C[N+](=O)[O-]. The van der Waals surface area contributed by atoms with Crippen LogP contribution in [0.5, 0.6) is 0 Å². The van der Waals surface area contributed by atoms with E-state index >= 15 is 0 Å². The van der Waals surface area contributed by atoms with Gasteiger partial charge in [-0.05, 0) is 32.0 Å². The molecule has 0 saturated carbocycles. The predicted molar refractivity (Wildman–Crippen MR) is 90.4 cm³/mol. The molecule has 1 aromatic rings. The summed E-state index contributed by atoms with van der Waals surface area (Å²) in [5, 5.41) is 11.4. The molecule has 25 heavy (non-hydrogen) atoms. The maximum Gasteiger partial charge on any atom is 0.321 e. The van der Waals surface area contributed by atoms with E-state index in [2.05, 4.69) is 11.8 Å². The molecule has 0 aromatic heterocycles. The van der Waals surface area contributed by atoms with E-state index in [-0.39, 0.29) is 13.2 Å². The van der Waals surface area contributed by atoms with Gasteiger partial charge in [-0.25, -0.2) is 0 Å². The highest BCUT2D eigenvalue weighted by Crippen LogP contribution is 2.17. The number of carbonyl (C=O) groups excluding carboxylic acids is 2. The minimum Gasteiger partial charge on any atom is -0.465 e. The Morgan fingerprint density at radius 3 is 2.32 bits per heavy atom. The summed E-state index contributed by atoms with van der Waals surface area (Å²) in [5.74, 6) is 0.865. The number of hydrogen-bond donors (Lipinski definition) is 0. The van der Waals surface area contributed by atoms with Crippen LogP contribution in [0.15, 0.2) is 24.3 Å². The monoisotopic (exact) mass is 367 g/mol. The fraction of sp³-hybridized carbons (Fsp3) is 0.412. The van der Waals surface area contributed by atoms with Crippen molar-refractivity contribution in [3.05, 3.63) is 45.0 Å². The molecule has 0 spiro atoms. The number of nitrogens with zero attached hydrogens (tertiary/aromatic N) is 1. The van der Waals surface area contributed by atoms with Crippen LogP contribution in [-0.2, 0) is 19.1 Å². The molecule has 0 fully saturated rings. The Kier molecular flexibility index (Phi) is 8.44. The minimum atomic E-state index is -1.49. The fourth-order valence-corrected chi connectivity index (χ4v) is 2.22. The molecule has 1 unspecified atom stereocenters. The van der Waals surface area contributed by atoms with E-state index in [0.29, 0.717) is 10.6 Å². The summed E-state index contributed by atoms with van der Waals surface area (Å²) < 4.78 is 9.71. The van der Waals surface area contributed by atoms with Gasteiger partial charge in [0, 0.05) is 15.5 Å². The second-order valence-corrected chi connectivity index (χ2v) is 5.32. The lowest BCUT2D eigenvalue weighted by atomic mass is 9.92. The lowest BCUT2D eigenvalue weighted by Gasteiger charge is -2.17. The zero-order valence-corrected chi connectivity index (χ0v) is 14.6. The molecule has 1 aromatic carbocycles. The van der Waals surface area contributed by atoms with Gasteiger partial charge in [0.1, 0.15) is 5.92 Å². The molecule has 0 amide bonds. The maximum atomic E-state index is 12.1. The Morgan fingerprint density at radius 1 is 1.24 bits per heavy atom. The summed E-state index contributed by atoms with van der Waals surface area (Å²) >= 11 is 5.87. The van der Waals surface area contributed by atoms with E-state index in [0.717, 1.165) is 0 Å². The van der Waals surface area contributed by atoms with Crippen molar-refractivity contribution in [3.8, 4) is 11.8 Å². The van der Waals surface area contributed by atoms with Crippen molar-refractivity contribution >= 4 is 23.5 Å². The molecule has 0 aliphatic rings. The number of nitro groups is 1. The summed E-state index contributed by atoms with van der Waals surface area (Å²) in [6.07, 6.45) is 0. The van der Waals surface area contributed by atoms with Gasteiger partial charge < -0.3 is 9.47 Å². The third-order valence-corrected chi connectivity index (χ3v) is 3.29. The van der Waals surface area contributed by atoms with Crippen LogP contribution < -0.4 is 0 Å². The maximum absolute atomic E-state index is 12.1. The number of hydrogen-bond acceptors (Lipinski definition) is 6. The quantitative estimate of drug-likeness (QED) is 0.241. The van der Waals surface area contributed by atoms with E-state index in [1.165, 1.54) is 0 Å². The topological polar surface area (TPSA) is 95.7 Å². The van der Waals surface area contributed by atoms with Gasteiger partial charge in [-0.1, -0.05) is 29.5 Å². The first-order chi connectivity index (χ1) is 11.9. The molecule has 0 aliphatic carbocycles. The van der Waals surface area contributed by atoms with Crippen LogP contribution in [0, 0.1) is 33.8 Å². The smallest absolute Gasteiger partial charge is 0.321 e.